The molecule has 0 amide bonds. The Morgan fingerprint density at radius 1 is 1.75 bits per heavy atom. The molecule has 0 aromatic carbocycles. The van der Waals surface area contributed by atoms with Crippen molar-refractivity contribution in [1.82, 2.24) is 9.97 Å². The number of hydrogen-bond acceptors (Lipinski definition) is 4. The van der Waals surface area contributed by atoms with Crippen LogP contribution < -0.4 is 0 Å². The molecule has 64 valence electrons. The third-order valence-corrected chi connectivity index (χ3v) is 2.03. The van der Waals surface area contributed by atoms with Crippen LogP contribution in [0.15, 0.2) is 11.2 Å². The Morgan fingerprint density at radius 3 is 2.92 bits per heavy atom. The first-order valence-corrected chi connectivity index (χ1v) is 4.55. The van der Waals surface area contributed by atoms with Gasteiger partial charge in [-0.25, -0.2) is 14.8 Å². The van der Waals surface area contributed by atoms with Gasteiger partial charge in [-0.15, -0.1) is 11.8 Å². The summed E-state index contributed by atoms with van der Waals surface area (Å²) >= 11 is 6.69. The average Bonchev–Trinajstić information content (AvgIpc) is 2.03. The molecule has 6 heteroatoms. The second-order valence-corrected chi connectivity index (χ2v) is 3.00. The van der Waals surface area contributed by atoms with Gasteiger partial charge in [0.2, 0.25) is 5.28 Å². The predicted octanol–water partition coefficient (Wildman–Crippen LogP) is 1.55. The standard InChI is InChI=1S/C6H5ClN2O2S/c1-12-4-3(5(10)11)2-8-6(7)9-4/h2H,1H3,(H,10,11). The highest BCUT2D eigenvalue weighted by Crippen LogP contribution is 2.18. The molecule has 0 unspecified atom stereocenters. The summed E-state index contributed by atoms with van der Waals surface area (Å²) in [6, 6.07) is 0. The molecule has 12 heavy (non-hydrogen) atoms. The van der Waals surface area contributed by atoms with E-state index >= 15 is 0 Å². The van der Waals surface area contributed by atoms with E-state index in [-0.39, 0.29) is 10.8 Å². The maximum Gasteiger partial charge on any atom is 0.340 e. The number of halogens is 1. The maximum absolute atomic E-state index is 10.6. The SMILES string of the molecule is CSc1nc(Cl)ncc1C(=O)O. The Kier molecular flexibility index (Phi) is 2.88. The van der Waals surface area contributed by atoms with Crippen LogP contribution in [0.1, 0.15) is 10.4 Å². The van der Waals surface area contributed by atoms with E-state index in [0.29, 0.717) is 5.03 Å². The van der Waals surface area contributed by atoms with Gasteiger partial charge < -0.3 is 5.11 Å². The van der Waals surface area contributed by atoms with Crippen LogP contribution in [0.2, 0.25) is 5.28 Å². The molecule has 0 aliphatic rings. The fourth-order valence-electron chi connectivity index (χ4n) is 0.648. The van der Waals surface area contributed by atoms with E-state index in [9.17, 15) is 4.79 Å². The number of aromatic nitrogens is 2. The Morgan fingerprint density at radius 2 is 2.42 bits per heavy atom. The van der Waals surface area contributed by atoms with Crippen molar-refractivity contribution in [2.24, 2.45) is 0 Å². The van der Waals surface area contributed by atoms with E-state index in [1.54, 1.807) is 6.26 Å². The maximum atomic E-state index is 10.6. The zero-order chi connectivity index (χ0) is 9.14. The number of aromatic carboxylic acids is 1. The molecule has 1 aromatic rings. The number of nitrogens with zero attached hydrogens (tertiary/aromatic N) is 2. The third-order valence-electron chi connectivity index (χ3n) is 1.15. The zero-order valence-corrected chi connectivity index (χ0v) is 7.69. The molecule has 0 radical (unpaired) electrons. The topological polar surface area (TPSA) is 63.1 Å². The van der Waals surface area contributed by atoms with Crippen LogP contribution in [0, 0.1) is 0 Å². The summed E-state index contributed by atoms with van der Waals surface area (Å²) in [5.74, 6) is -1.05. The van der Waals surface area contributed by atoms with Crippen LogP contribution in [0.25, 0.3) is 0 Å². The molecule has 1 aromatic heterocycles. The smallest absolute Gasteiger partial charge is 0.340 e. The van der Waals surface area contributed by atoms with Gasteiger partial charge in [-0.2, -0.15) is 0 Å². The van der Waals surface area contributed by atoms with Crippen molar-refractivity contribution in [3.8, 4) is 0 Å². The van der Waals surface area contributed by atoms with Crippen LogP contribution in [-0.4, -0.2) is 27.3 Å². The van der Waals surface area contributed by atoms with Gasteiger partial charge in [0.05, 0.1) is 0 Å². The van der Waals surface area contributed by atoms with Gasteiger partial charge in [-0.3, -0.25) is 0 Å². The summed E-state index contributed by atoms with van der Waals surface area (Å²) in [6.45, 7) is 0. The lowest BCUT2D eigenvalue weighted by Gasteiger charge is -1.99. The third kappa shape index (κ3) is 1.86. The Balaban J connectivity index is 3.20. The van der Waals surface area contributed by atoms with Crippen molar-refractivity contribution in [3.63, 3.8) is 0 Å². The summed E-state index contributed by atoms with van der Waals surface area (Å²) in [7, 11) is 0. The minimum Gasteiger partial charge on any atom is -0.478 e. The van der Waals surface area contributed by atoms with Crippen LogP contribution in [0.3, 0.4) is 0 Å². The summed E-state index contributed by atoms with van der Waals surface area (Å²) < 4.78 is 0. The van der Waals surface area contributed by atoms with Gasteiger partial charge in [-0.05, 0) is 17.9 Å². The van der Waals surface area contributed by atoms with Crippen molar-refractivity contribution >= 4 is 29.3 Å². The number of hydrogen-bond donors (Lipinski definition) is 1. The first kappa shape index (κ1) is 9.28. The summed E-state index contributed by atoms with van der Waals surface area (Å²) in [5, 5.41) is 9.09. The van der Waals surface area contributed by atoms with E-state index in [1.807, 2.05) is 0 Å². The number of thioether (sulfide) groups is 1. The van der Waals surface area contributed by atoms with Gasteiger partial charge in [-0.1, -0.05) is 0 Å². The second kappa shape index (κ2) is 3.73. The molecule has 4 nitrogen and oxygen atoms in total. The minimum absolute atomic E-state index is 0.0596. The first-order chi connectivity index (χ1) is 5.65. The fourth-order valence-corrected chi connectivity index (χ4v) is 1.37. The summed E-state index contributed by atoms with van der Waals surface area (Å²) in [4.78, 5) is 17.9. The highest BCUT2D eigenvalue weighted by Gasteiger charge is 2.11. The Hall–Kier alpha value is -0.810. The molecule has 0 atom stereocenters. The summed E-state index contributed by atoms with van der Waals surface area (Å²) in [6.07, 6.45) is 2.93. The average molecular weight is 205 g/mol. The molecule has 0 saturated carbocycles. The largest absolute Gasteiger partial charge is 0.478 e. The fraction of sp³-hybridized carbons (Fsp3) is 0.167. The number of carboxylic acids is 1. The van der Waals surface area contributed by atoms with E-state index in [2.05, 4.69) is 9.97 Å². The molecule has 0 aliphatic heterocycles. The van der Waals surface area contributed by atoms with Crippen molar-refractivity contribution in [1.29, 1.82) is 0 Å². The molecule has 1 N–H and O–H groups in total. The normalized spacial score (nSPS) is 9.83. The summed E-state index contributed by atoms with van der Waals surface area (Å²) in [5.41, 5.74) is 0.0758. The van der Waals surface area contributed by atoms with Crippen LogP contribution >= 0.6 is 23.4 Å². The van der Waals surface area contributed by atoms with Crippen LogP contribution in [-0.2, 0) is 0 Å². The highest BCUT2D eigenvalue weighted by molar-refractivity contribution is 7.98. The molecule has 0 bridgehead atoms. The van der Waals surface area contributed by atoms with Gasteiger partial charge >= 0.3 is 5.97 Å². The Bertz CT molecular complexity index is 318. The predicted molar refractivity (Wildman–Crippen MR) is 45.8 cm³/mol. The van der Waals surface area contributed by atoms with Gasteiger partial charge in [0.15, 0.2) is 0 Å². The lowest BCUT2D eigenvalue weighted by Crippen LogP contribution is -2.01. The number of carbonyl (C=O) groups is 1. The van der Waals surface area contributed by atoms with Crippen molar-refractivity contribution in [2.75, 3.05) is 6.26 Å². The first-order valence-electron chi connectivity index (χ1n) is 2.95. The van der Waals surface area contributed by atoms with E-state index < -0.39 is 5.97 Å². The van der Waals surface area contributed by atoms with Crippen LogP contribution in [0.4, 0.5) is 0 Å². The van der Waals surface area contributed by atoms with E-state index in [4.69, 9.17) is 16.7 Å². The van der Waals surface area contributed by atoms with E-state index in [1.165, 1.54) is 18.0 Å². The van der Waals surface area contributed by atoms with Crippen molar-refractivity contribution in [2.45, 2.75) is 5.03 Å². The molecule has 0 aliphatic carbocycles. The van der Waals surface area contributed by atoms with Crippen LogP contribution in [0.5, 0.6) is 0 Å². The molecule has 1 rings (SSSR count). The molecular formula is C6H5ClN2O2S. The molecule has 0 saturated heterocycles. The highest BCUT2D eigenvalue weighted by atomic mass is 35.5. The van der Waals surface area contributed by atoms with Gasteiger partial charge in [0, 0.05) is 6.20 Å². The number of rotatable bonds is 2. The Labute approximate surface area is 78.0 Å². The lowest BCUT2D eigenvalue weighted by atomic mass is 10.3. The second-order valence-electron chi connectivity index (χ2n) is 1.87. The van der Waals surface area contributed by atoms with Crippen molar-refractivity contribution in [3.05, 3.63) is 17.0 Å². The molecular weight excluding hydrogens is 200 g/mol. The quantitative estimate of drug-likeness (QED) is 0.450. The minimum atomic E-state index is -1.05. The van der Waals surface area contributed by atoms with Gasteiger partial charge in [0.25, 0.3) is 0 Å². The molecule has 1 heterocycles. The molecule has 0 fully saturated rings. The van der Waals surface area contributed by atoms with Gasteiger partial charge in [0.1, 0.15) is 10.6 Å². The monoisotopic (exact) mass is 204 g/mol. The molecule has 0 spiro atoms. The zero-order valence-electron chi connectivity index (χ0n) is 6.11. The number of carboxylic acid groups (broad SMARTS) is 1. The van der Waals surface area contributed by atoms with E-state index in [0.717, 1.165) is 0 Å². The van der Waals surface area contributed by atoms with Crippen molar-refractivity contribution < 1.29 is 9.90 Å². The lowest BCUT2D eigenvalue weighted by molar-refractivity contribution is 0.0691.